The smallest absolute Gasteiger partial charge is 0.258 e. The fourth-order valence-corrected chi connectivity index (χ4v) is 2.77. The van der Waals surface area contributed by atoms with Gasteiger partial charge in [0.15, 0.2) is 18.1 Å². The lowest BCUT2D eigenvalue weighted by Gasteiger charge is -2.18. The standard InChI is InChI=1S/C19H22N2O4/c1-19(2)10-14-5-4-6-15(18(14)25-19)24-12-16(22)21-11-13-7-8-20-17(9-13)23-3/h4-9H,10-12H2,1-3H3,(H,21,22). The van der Waals surface area contributed by atoms with Crippen molar-refractivity contribution in [1.82, 2.24) is 10.3 Å². The highest BCUT2D eigenvalue weighted by Crippen LogP contribution is 2.41. The molecule has 0 aliphatic carbocycles. The molecular weight excluding hydrogens is 320 g/mol. The predicted octanol–water partition coefficient (Wildman–Crippen LogP) is 2.50. The Balaban J connectivity index is 1.54. The minimum Gasteiger partial charge on any atom is -0.483 e. The van der Waals surface area contributed by atoms with Crippen LogP contribution in [0.1, 0.15) is 25.0 Å². The Hall–Kier alpha value is -2.76. The lowest BCUT2D eigenvalue weighted by atomic mass is 10.0. The third-order valence-electron chi connectivity index (χ3n) is 3.91. The van der Waals surface area contributed by atoms with Gasteiger partial charge in [0.2, 0.25) is 5.88 Å². The third-order valence-corrected chi connectivity index (χ3v) is 3.91. The second-order valence-corrected chi connectivity index (χ2v) is 6.55. The van der Waals surface area contributed by atoms with E-state index in [9.17, 15) is 4.79 Å². The average molecular weight is 342 g/mol. The first-order chi connectivity index (χ1) is 12.0. The summed E-state index contributed by atoms with van der Waals surface area (Å²) in [7, 11) is 1.56. The van der Waals surface area contributed by atoms with E-state index in [-0.39, 0.29) is 18.1 Å². The van der Waals surface area contributed by atoms with Gasteiger partial charge in [0, 0.05) is 30.8 Å². The number of ether oxygens (including phenoxy) is 3. The zero-order valence-corrected chi connectivity index (χ0v) is 14.7. The summed E-state index contributed by atoms with van der Waals surface area (Å²) in [5.74, 6) is 1.65. The maximum absolute atomic E-state index is 12.0. The second kappa shape index (κ2) is 7.01. The van der Waals surface area contributed by atoms with E-state index in [1.165, 1.54) is 0 Å². The van der Waals surface area contributed by atoms with Crippen molar-refractivity contribution in [2.24, 2.45) is 0 Å². The molecule has 0 spiro atoms. The summed E-state index contributed by atoms with van der Waals surface area (Å²) in [4.78, 5) is 16.1. The number of pyridine rings is 1. The topological polar surface area (TPSA) is 69.7 Å². The highest BCUT2D eigenvalue weighted by Gasteiger charge is 2.32. The monoisotopic (exact) mass is 342 g/mol. The van der Waals surface area contributed by atoms with Crippen LogP contribution in [0.25, 0.3) is 0 Å². The lowest BCUT2D eigenvalue weighted by Crippen LogP contribution is -2.28. The number of para-hydroxylation sites is 1. The molecule has 0 saturated carbocycles. The second-order valence-electron chi connectivity index (χ2n) is 6.55. The van der Waals surface area contributed by atoms with Gasteiger partial charge in [-0.15, -0.1) is 0 Å². The average Bonchev–Trinajstić information content (AvgIpc) is 2.92. The summed E-state index contributed by atoms with van der Waals surface area (Å²) < 4.78 is 16.7. The lowest BCUT2D eigenvalue weighted by molar-refractivity contribution is -0.123. The van der Waals surface area contributed by atoms with Gasteiger partial charge < -0.3 is 19.5 Å². The van der Waals surface area contributed by atoms with Crippen molar-refractivity contribution >= 4 is 5.91 Å². The van der Waals surface area contributed by atoms with Gasteiger partial charge in [-0.3, -0.25) is 4.79 Å². The fourth-order valence-electron chi connectivity index (χ4n) is 2.77. The SMILES string of the molecule is COc1cc(CNC(=O)COc2cccc3c2OC(C)(C)C3)ccn1. The summed E-state index contributed by atoms with van der Waals surface area (Å²) in [6.45, 7) is 4.39. The van der Waals surface area contributed by atoms with E-state index in [0.717, 1.165) is 23.3 Å². The van der Waals surface area contributed by atoms with Crippen molar-refractivity contribution in [3.8, 4) is 17.4 Å². The molecule has 2 heterocycles. The maximum Gasteiger partial charge on any atom is 0.258 e. The van der Waals surface area contributed by atoms with E-state index in [2.05, 4.69) is 10.3 Å². The molecule has 132 valence electrons. The van der Waals surface area contributed by atoms with Crippen LogP contribution in [-0.2, 0) is 17.8 Å². The van der Waals surface area contributed by atoms with Gasteiger partial charge in [-0.25, -0.2) is 4.98 Å². The third kappa shape index (κ3) is 4.21. The summed E-state index contributed by atoms with van der Waals surface area (Å²) >= 11 is 0. The Morgan fingerprint density at radius 1 is 1.36 bits per heavy atom. The molecule has 1 aliphatic rings. The molecule has 0 atom stereocenters. The van der Waals surface area contributed by atoms with E-state index in [4.69, 9.17) is 14.2 Å². The summed E-state index contributed by atoms with van der Waals surface area (Å²) in [6, 6.07) is 9.36. The minimum absolute atomic E-state index is 0.0670. The summed E-state index contributed by atoms with van der Waals surface area (Å²) in [5, 5.41) is 2.82. The highest BCUT2D eigenvalue weighted by molar-refractivity contribution is 5.77. The molecule has 0 unspecified atom stereocenters. The van der Waals surface area contributed by atoms with Crippen LogP contribution in [0.4, 0.5) is 0 Å². The van der Waals surface area contributed by atoms with Crippen LogP contribution in [0.5, 0.6) is 17.4 Å². The Bertz CT molecular complexity index is 774. The quantitative estimate of drug-likeness (QED) is 0.873. The first-order valence-electron chi connectivity index (χ1n) is 8.16. The van der Waals surface area contributed by atoms with Gasteiger partial charge in [0.25, 0.3) is 5.91 Å². The van der Waals surface area contributed by atoms with E-state index < -0.39 is 0 Å². The number of nitrogens with one attached hydrogen (secondary N) is 1. The molecule has 1 N–H and O–H groups in total. The normalized spacial score (nSPS) is 14.4. The van der Waals surface area contributed by atoms with Gasteiger partial charge in [-0.1, -0.05) is 12.1 Å². The van der Waals surface area contributed by atoms with Crippen LogP contribution in [0.3, 0.4) is 0 Å². The predicted molar refractivity (Wildman–Crippen MR) is 93.0 cm³/mol. The molecular formula is C19H22N2O4. The number of methoxy groups -OCH3 is 1. The molecule has 25 heavy (non-hydrogen) atoms. The van der Waals surface area contributed by atoms with Crippen LogP contribution in [-0.4, -0.2) is 30.2 Å². The van der Waals surface area contributed by atoms with Crippen LogP contribution in [0, 0.1) is 0 Å². The molecule has 0 saturated heterocycles. The number of amides is 1. The zero-order valence-electron chi connectivity index (χ0n) is 14.7. The molecule has 1 aromatic carbocycles. The van der Waals surface area contributed by atoms with Crippen molar-refractivity contribution < 1.29 is 19.0 Å². The molecule has 6 nitrogen and oxygen atoms in total. The number of rotatable bonds is 6. The minimum atomic E-state index is -0.246. The molecule has 1 aromatic heterocycles. The maximum atomic E-state index is 12.0. The van der Waals surface area contributed by atoms with Crippen molar-refractivity contribution in [3.05, 3.63) is 47.7 Å². The van der Waals surface area contributed by atoms with Crippen LogP contribution < -0.4 is 19.5 Å². The fraction of sp³-hybridized carbons (Fsp3) is 0.368. The molecule has 0 radical (unpaired) electrons. The molecule has 3 rings (SSSR count). The van der Waals surface area contributed by atoms with Gasteiger partial charge >= 0.3 is 0 Å². The number of carbonyl (C=O) groups excluding carboxylic acids is 1. The van der Waals surface area contributed by atoms with Crippen molar-refractivity contribution in [2.75, 3.05) is 13.7 Å². The van der Waals surface area contributed by atoms with Crippen LogP contribution >= 0.6 is 0 Å². The van der Waals surface area contributed by atoms with E-state index in [1.807, 2.05) is 38.1 Å². The van der Waals surface area contributed by atoms with E-state index in [1.54, 1.807) is 19.4 Å². The van der Waals surface area contributed by atoms with Gasteiger partial charge in [0.1, 0.15) is 5.60 Å². The van der Waals surface area contributed by atoms with Gasteiger partial charge in [-0.2, -0.15) is 0 Å². The molecule has 1 amide bonds. The molecule has 6 heteroatoms. The molecule has 2 aromatic rings. The van der Waals surface area contributed by atoms with E-state index >= 15 is 0 Å². The highest BCUT2D eigenvalue weighted by atomic mass is 16.5. The zero-order chi connectivity index (χ0) is 17.9. The van der Waals surface area contributed by atoms with Crippen LogP contribution in [0.15, 0.2) is 36.5 Å². The summed E-state index contributed by atoms with van der Waals surface area (Å²) in [5.41, 5.74) is 1.77. The van der Waals surface area contributed by atoms with Crippen molar-refractivity contribution in [2.45, 2.75) is 32.4 Å². The first kappa shape index (κ1) is 17.1. The molecule has 0 fully saturated rings. The Kier molecular flexibility index (Phi) is 4.79. The van der Waals surface area contributed by atoms with Gasteiger partial charge in [-0.05, 0) is 31.5 Å². The Morgan fingerprint density at radius 2 is 2.20 bits per heavy atom. The Morgan fingerprint density at radius 3 is 3.00 bits per heavy atom. The van der Waals surface area contributed by atoms with E-state index in [0.29, 0.717) is 18.2 Å². The van der Waals surface area contributed by atoms with Crippen molar-refractivity contribution in [3.63, 3.8) is 0 Å². The number of hydrogen-bond acceptors (Lipinski definition) is 5. The number of hydrogen-bond donors (Lipinski definition) is 1. The van der Waals surface area contributed by atoms with Gasteiger partial charge in [0.05, 0.1) is 7.11 Å². The molecule has 1 aliphatic heterocycles. The van der Waals surface area contributed by atoms with Crippen LogP contribution in [0.2, 0.25) is 0 Å². The number of fused-ring (bicyclic) bond motifs is 1. The first-order valence-corrected chi connectivity index (χ1v) is 8.16. The largest absolute Gasteiger partial charge is 0.483 e. The number of nitrogens with zero attached hydrogens (tertiary/aromatic N) is 1. The van der Waals surface area contributed by atoms with Crippen molar-refractivity contribution in [1.29, 1.82) is 0 Å². The Labute approximate surface area is 147 Å². The number of carbonyl (C=O) groups is 1. The summed E-state index contributed by atoms with van der Waals surface area (Å²) in [6.07, 6.45) is 2.47. The number of benzene rings is 1. The number of aromatic nitrogens is 1. The molecule has 0 bridgehead atoms.